The van der Waals surface area contributed by atoms with Gasteiger partial charge in [-0.15, -0.1) is 0 Å². The SMILES string of the molecule is CC(C)N(C)S(=O)(=O)N1CC[C@]2(C(=O)Nc3ccccc32)[C@@H]1c1nccn1C. The van der Waals surface area contributed by atoms with Gasteiger partial charge in [0.25, 0.3) is 10.2 Å². The summed E-state index contributed by atoms with van der Waals surface area (Å²) in [5.41, 5.74) is 0.571. The van der Waals surface area contributed by atoms with Gasteiger partial charge in [0.15, 0.2) is 0 Å². The number of fused-ring (bicyclic) bond motifs is 2. The summed E-state index contributed by atoms with van der Waals surface area (Å²) in [5, 5.41) is 2.95. The van der Waals surface area contributed by atoms with Gasteiger partial charge in [-0.3, -0.25) is 4.79 Å². The average Bonchev–Trinajstić information content (AvgIpc) is 3.32. The van der Waals surface area contributed by atoms with Crippen molar-refractivity contribution in [3.63, 3.8) is 0 Å². The van der Waals surface area contributed by atoms with Gasteiger partial charge in [-0.25, -0.2) is 4.98 Å². The lowest BCUT2D eigenvalue weighted by molar-refractivity contribution is -0.121. The normalized spacial score (nSPS) is 25.1. The minimum Gasteiger partial charge on any atom is -0.337 e. The molecular weight excluding hydrogens is 378 g/mol. The van der Waals surface area contributed by atoms with Crippen molar-refractivity contribution in [2.75, 3.05) is 18.9 Å². The van der Waals surface area contributed by atoms with E-state index < -0.39 is 21.7 Å². The number of hydrogen-bond donors (Lipinski definition) is 1. The molecule has 150 valence electrons. The van der Waals surface area contributed by atoms with Gasteiger partial charge in [-0.05, 0) is 31.9 Å². The highest BCUT2D eigenvalue weighted by atomic mass is 32.2. The van der Waals surface area contributed by atoms with Crippen molar-refractivity contribution in [1.82, 2.24) is 18.2 Å². The second-order valence-electron chi connectivity index (χ2n) is 7.75. The first-order valence-corrected chi connectivity index (χ1v) is 10.7. The summed E-state index contributed by atoms with van der Waals surface area (Å²) in [5.74, 6) is 0.386. The van der Waals surface area contributed by atoms with Crippen LogP contribution in [-0.2, 0) is 27.5 Å². The second-order valence-corrected chi connectivity index (χ2v) is 9.69. The zero-order chi connectivity index (χ0) is 20.3. The van der Waals surface area contributed by atoms with Gasteiger partial charge in [0.1, 0.15) is 17.3 Å². The van der Waals surface area contributed by atoms with Gasteiger partial charge >= 0.3 is 0 Å². The molecule has 0 aliphatic carbocycles. The Morgan fingerprint density at radius 1 is 1.32 bits per heavy atom. The van der Waals surface area contributed by atoms with Crippen LogP contribution in [-0.4, -0.2) is 52.1 Å². The number of para-hydroxylation sites is 1. The highest BCUT2D eigenvalue weighted by molar-refractivity contribution is 7.86. The van der Waals surface area contributed by atoms with Gasteiger partial charge in [-0.2, -0.15) is 17.0 Å². The number of nitrogens with zero attached hydrogens (tertiary/aromatic N) is 4. The van der Waals surface area contributed by atoms with Crippen LogP contribution in [0.5, 0.6) is 0 Å². The summed E-state index contributed by atoms with van der Waals surface area (Å²) in [6.07, 6.45) is 3.81. The number of nitrogens with one attached hydrogen (secondary N) is 1. The molecule has 1 N–H and O–H groups in total. The molecule has 8 nitrogen and oxygen atoms in total. The minimum absolute atomic E-state index is 0.174. The number of benzene rings is 1. The predicted octanol–water partition coefficient (Wildman–Crippen LogP) is 1.64. The van der Waals surface area contributed by atoms with Gasteiger partial charge in [0.05, 0.1) is 0 Å². The zero-order valence-corrected chi connectivity index (χ0v) is 17.3. The van der Waals surface area contributed by atoms with Gasteiger partial charge in [0, 0.05) is 44.8 Å². The molecule has 0 saturated carbocycles. The highest BCUT2D eigenvalue weighted by Crippen LogP contribution is 2.55. The maximum absolute atomic E-state index is 13.4. The molecule has 1 spiro atoms. The van der Waals surface area contributed by atoms with E-state index in [1.54, 1.807) is 24.0 Å². The molecule has 28 heavy (non-hydrogen) atoms. The number of aryl methyl sites for hydroxylation is 1. The van der Waals surface area contributed by atoms with Crippen molar-refractivity contribution >= 4 is 21.8 Å². The minimum atomic E-state index is -3.79. The lowest BCUT2D eigenvalue weighted by Gasteiger charge is -2.35. The van der Waals surface area contributed by atoms with Crippen molar-refractivity contribution in [3.8, 4) is 0 Å². The molecule has 1 fully saturated rings. The first-order chi connectivity index (χ1) is 13.2. The zero-order valence-electron chi connectivity index (χ0n) is 16.5. The van der Waals surface area contributed by atoms with Crippen LogP contribution >= 0.6 is 0 Å². The Morgan fingerprint density at radius 2 is 2.04 bits per heavy atom. The standard InChI is InChI=1S/C19H25N5O3S/c1-13(2)23(4)28(26,27)24-11-9-19(16(24)17-20-10-12-22(17)3)14-7-5-6-8-15(14)21-18(19)25/h5-8,10,12-13,16H,9,11H2,1-4H3,(H,21,25)/t16-,19+/m0/s1. The number of aromatic nitrogens is 2. The van der Waals surface area contributed by atoms with Crippen LogP contribution in [0.1, 0.15) is 37.7 Å². The lowest BCUT2D eigenvalue weighted by Crippen LogP contribution is -2.48. The summed E-state index contributed by atoms with van der Waals surface area (Å²) in [6, 6.07) is 6.59. The Bertz CT molecular complexity index is 1030. The van der Waals surface area contributed by atoms with Crippen LogP contribution < -0.4 is 5.32 Å². The van der Waals surface area contributed by atoms with Crippen LogP contribution in [0, 0.1) is 0 Å². The molecule has 4 rings (SSSR count). The predicted molar refractivity (Wildman–Crippen MR) is 106 cm³/mol. The van der Waals surface area contributed by atoms with Crippen molar-refractivity contribution in [2.24, 2.45) is 7.05 Å². The third-order valence-corrected chi connectivity index (χ3v) is 8.17. The molecule has 9 heteroatoms. The largest absolute Gasteiger partial charge is 0.337 e. The van der Waals surface area contributed by atoms with E-state index in [4.69, 9.17) is 0 Å². The molecule has 2 aliphatic heterocycles. The van der Waals surface area contributed by atoms with Gasteiger partial charge < -0.3 is 9.88 Å². The van der Waals surface area contributed by atoms with Crippen LogP contribution in [0.15, 0.2) is 36.7 Å². The quantitative estimate of drug-likeness (QED) is 0.841. The summed E-state index contributed by atoms with van der Waals surface area (Å²) < 4.78 is 31.5. The van der Waals surface area contributed by atoms with Crippen LogP contribution in [0.25, 0.3) is 0 Å². The Labute approximate surface area is 165 Å². The number of carbonyl (C=O) groups excluding carboxylic acids is 1. The second kappa shape index (κ2) is 6.40. The Hall–Kier alpha value is -2.23. The number of imidazole rings is 1. The Kier molecular flexibility index (Phi) is 4.36. The molecule has 1 aromatic heterocycles. The van der Waals surface area contributed by atoms with Gasteiger partial charge in [0.2, 0.25) is 5.91 Å². The van der Waals surface area contributed by atoms with E-state index in [1.165, 1.54) is 8.61 Å². The Morgan fingerprint density at radius 3 is 2.68 bits per heavy atom. The number of carbonyl (C=O) groups is 1. The van der Waals surface area contributed by atoms with Crippen LogP contribution in [0.2, 0.25) is 0 Å². The third kappa shape index (κ3) is 2.46. The first-order valence-electron chi connectivity index (χ1n) is 9.34. The maximum Gasteiger partial charge on any atom is 0.282 e. The first kappa shape index (κ1) is 19.1. The topological polar surface area (TPSA) is 87.5 Å². The fourth-order valence-corrected chi connectivity index (χ4v) is 6.05. The molecule has 1 saturated heterocycles. The van der Waals surface area contributed by atoms with E-state index in [0.29, 0.717) is 12.2 Å². The fraction of sp³-hybridized carbons (Fsp3) is 0.474. The van der Waals surface area contributed by atoms with Crippen molar-refractivity contribution in [3.05, 3.63) is 48.0 Å². The number of anilines is 1. The molecule has 0 radical (unpaired) electrons. The third-order valence-electron chi connectivity index (χ3n) is 6.03. The van der Waals surface area contributed by atoms with E-state index in [-0.39, 0.29) is 18.5 Å². The van der Waals surface area contributed by atoms with Crippen molar-refractivity contribution in [2.45, 2.75) is 37.8 Å². The van der Waals surface area contributed by atoms with Crippen LogP contribution in [0.3, 0.4) is 0 Å². The molecule has 1 aromatic carbocycles. The van der Waals surface area contributed by atoms with Crippen LogP contribution in [0.4, 0.5) is 5.69 Å². The summed E-state index contributed by atoms with van der Waals surface area (Å²) >= 11 is 0. The van der Waals surface area contributed by atoms with E-state index in [9.17, 15) is 13.2 Å². The monoisotopic (exact) mass is 403 g/mol. The molecule has 3 heterocycles. The highest BCUT2D eigenvalue weighted by Gasteiger charge is 2.62. The van der Waals surface area contributed by atoms with E-state index in [1.807, 2.05) is 45.2 Å². The van der Waals surface area contributed by atoms with E-state index in [0.717, 1.165) is 11.3 Å². The van der Waals surface area contributed by atoms with Crippen molar-refractivity contribution < 1.29 is 13.2 Å². The molecule has 2 aliphatic rings. The smallest absolute Gasteiger partial charge is 0.282 e. The number of amides is 1. The fourth-order valence-electron chi connectivity index (χ4n) is 4.33. The van der Waals surface area contributed by atoms with E-state index in [2.05, 4.69) is 10.3 Å². The van der Waals surface area contributed by atoms with Gasteiger partial charge in [-0.1, -0.05) is 18.2 Å². The van der Waals surface area contributed by atoms with E-state index >= 15 is 0 Å². The molecular formula is C19H25N5O3S. The molecule has 2 atom stereocenters. The van der Waals surface area contributed by atoms with Crippen molar-refractivity contribution in [1.29, 1.82) is 0 Å². The summed E-state index contributed by atoms with van der Waals surface area (Å²) in [4.78, 5) is 17.7. The molecule has 0 unspecified atom stereocenters. The Balaban J connectivity index is 1.93. The molecule has 1 amide bonds. The molecule has 0 bridgehead atoms. The summed E-state index contributed by atoms with van der Waals surface area (Å²) in [7, 11) is -0.390. The molecule has 2 aromatic rings. The number of hydrogen-bond acceptors (Lipinski definition) is 4. The summed E-state index contributed by atoms with van der Waals surface area (Å²) in [6.45, 7) is 3.91. The average molecular weight is 404 g/mol. The lowest BCUT2D eigenvalue weighted by atomic mass is 9.75. The maximum atomic E-state index is 13.4. The number of rotatable bonds is 4.